The number of aromatic hydroxyl groups is 1. The fourth-order valence-corrected chi connectivity index (χ4v) is 2.88. The summed E-state index contributed by atoms with van der Waals surface area (Å²) >= 11 is 0. The highest BCUT2D eigenvalue weighted by molar-refractivity contribution is 5.47. The zero-order valence-electron chi connectivity index (χ0n) is 12.6. The van der Waals surface area contributed by atoms with E-state index in [9.17, 15) is 5.11 Å². The Bertz CT molecular complexity index is 417. The van der Waals surface area contributed by atoms with Gasteiger partial charge in [-0.3, -0.25) is 4.90 Å². The molecule has 0 amide bonds. The van der Waals surface area contributed by atoms with Gasteiger partial charge in [0.1, 0.15) is 0 Å². The van der Waals surface area contributed by atoms with Crippen LogP contribution in [0.25, 0.3) is 0 Å². The van der Waals surface area contributed by atoms with E-state index in [0.717, 1.165) is 44.6 Å². The van der Waals surface area contributed by atoms with Crippen LogP contribution in [0.2, 0.25) is 0 Å². The average molecular weight is 278 g/mol. The topological polar surface area (TPSA) is 44.7 Å². The van der Waals surface area contributed by atoms with E-state index in [4.69, 9.17) is 4.74 Å². The molecular formula is C16H26N2O2. The molecule has 0 saturated carbocycles. The lowest BCUT2D eigenvalue weighted by atomic mass is 9.98. The number of rotatable bonds is 6. The van der Waals surface area contributed by atoms with Crippen molar-refractivity contribution in [1.29, 1.82) is 0 Å². The van der Waals surface area contributed by atoms with Crippen molar-refractivity contribution in [3.8, 4) is 11.5 Å². The largest absolute Gasteiger partial charge is 0.504 e. The lowest BCUT2D eigenvalue weighted by Crippen LogP contribution is -2.45. The Morgan fingerprint density at radius 3 is 2.70 bits per heavy atom. The summed E-state index contributed by atoms with van der Waals surface area (Å²) in [7, 11) is 0. The van der Waals surface area contributed by atoms with Gasteiger partial charge in [0.25, 0.3) is 0 Å². The molecule has 4 nitrogen and oxygen atoms in total. The van der Waals surface area contributed by atoms with Gasteiger partial charge in [-0.15, -0.1) is 0 Å². The molecule has 2 rings (SSSR count). The SMILES string of the molecule is CCC[C@@H](c1cccc(OCC)c1O)N1CCNCC1. The molecule has 112 valence electrons. The summed E-state index contributed by atoms with van der Waals surface area (Å²) in [5.41, 5.74) is 1.000. The van der Waals surface area contributed by atoms with Crippen molar-refractivity contribution in [1.82, 2.24) is 10.2 Å². The van der Waals surface area contributed by atoms with Gasteiger partial charge in [0.15, 0.2) is 11.5 Å². The summed E-state index contributed by atoms with van der Waals surface area (Å²) in [6, 6.07) is 6.12. The van der Waals surface area contributed by atoms with Crippen LogP contribution >= 0.6 is 0 Å². The smallest absolute Gasteiger partial charge is 0.162 e. The van der Waals surface area contributed by atoms with Gasteiger partial charge in [-0.2, -0.15) is 0 Å². The molecule has 0 aromatic heterocycles. The second-order valence-electron chi connectivity index (χ2n) is 5.22. The Balaban J connectivity index is 2.25. The number of hydrogen-bond donors (Lipinski definition) is 2. The third kappa shape index (κ3) is 3.44. The molecule has 1 aliphatic rings. The minimum Gasteiger partial charge on any atom is -0.504 e. The van der Waals surface area contributed by atoms with E-state index in [1.165, 1.54) is 0 Å². The first-order valence-corrected chi connectivity index (χ1v) is 7.67. The molecule has 0 unspecified atom stereocenters. The molecule has 0 bridgehead atoms. The van der Waals surface area contributed by atoms with Crippen LogP contribution in [-0.4, -0.2) is 42.8 Å². The number of para-hydroxylation sites is 1. The van der Waals surface area contributed by atoms with Gasteiger partial charge in [0.2, 0.25) is 0 Å². The van der Waals surface area contributed by atoms with Crippen molar-refractivity contribution < 1.29 is 9.84 Å². The van der Waals surface area contributed by atoms with Crippen LogP contribution in [0.4, 0.5) is 0 Å². The standard InChI is InChI=1S/C16H26N2O2/c1-3-6-14(18-11-9-17-10-12-18)13-7-5-8-15(16(13)19)20-4-2/h5,7-8,14,17,19H,3-4,6,9-12H2,1-2H3/t14-/m0/s1. The van der Waals surface area contributed by atoms with Crippen LogP contribution in [0.15, 0.2) is 18.2 Å². The van der Waals surface area contributed by atoms with E-state index < -0.39 is 0 Å². The summed E-state index contributed by atoms with van der Waals surface area (Å²) in [5, 5.41) is 13.9. The molecule has 0 spiro atoms. The Morgan fingerprint density at radius 2 is 2.05 bits per heavy atom. The predicted octanol–water partition coefficient (Wildman–Crippen LogP) is 2.54. The molecule has 1 fully saturated rings. The molecule has 1 saturated heterocycles. The maximum absolute atomic E-state index is 10.5. The maximum atomic E-state index is 10.5. The normalized spacial score (nSPS) is 17.9. The van der Waals surface area contributed by atoms with Crippen molar-refractivity contribution in [3.63, 3.8) is 0 Å². The maximum Gasteiger partial charge on any atom is 0.162 e. The number of phenols is 1. The molecule has 1 aliphatic heterocycles. The van der Waals surface area contributed by atoms with Gasteiger partial charge in [-0.25, -0.2) is 0 Å². The number of phenolic OH excluding ortho intramolecular Hbond substituents is 1. The van der Waals surface area contributed by atoms with E-state index >= 15 is 0 Å². The number of hydrogen-bond acceptors (Lipinski definition) is 4. The third-order valence-electron chi connectivity index (χ3n) is 3.84. The quantitative estimate of drug-likeness (QED) is 0.839. The predicted molar refractivity (Wildman–Crippen MR) is 81.4 cm³/mol. The fraction of sp³-hybridized carbons (Fsp3) is 0.625. The summed E-state index contributed by atoms with van der Waals surface area (Å²) in [6.07, 6.45) is 2.16. The first-order chi connectivity index (χ1) is 9.77. The zero-order valence-corrected chi connectivity index (χ0v) is 12.6. The first kappa shape index (κ1) is 15.1. The van der Waals surface area contributed by atoms with Gasteiger partial charge < -0.3 is 15.2 Å². The number of piperazine rings is 1. The number of benzene rings is 1. The molecular weight excluding hydrogens is 252 g/mol. The summed E-state index contributed by atoms with van der Waals surface area (Å²) in [4.78, 5) is 2.46. The van der Waals surface area contributed by atoms with Crippen LogP contribution in [0.1, 0.15) is 38.3 Å². The van der Waals surface area contributed by atoms with E-state index in [0.29, 0.717) is 18.1 Å². The van der Waals surface area contributed by atoms with Crippen LogP contribution in [0.3, 0.4) is 0 Å². The van der Waals surface area contributed by atoms with Gasteiger partial charge in [0, 0.05) is 37.8 Å². The molecule has 1 aromatic carbocycles. The molecule has 0 radical (unpaired) electrons. The number of ether oxygens (including phenoxy) is 1. The fourth-order valence-electron chi connectivity index (χ4n) is 2.88. The molecule has 1 aromatic rings. The van der Waals surface area contributed by atoms with Crippen molar-refractivity contribution in [2.45, 2.75) is 32.7 Å². The van der Waals surface area contributed by atoms with Gasteiger partial charge in [-0.1, -0.05) is 25.5 Å². The van der Waals surface area contributed by atoms with Gasteiger partial charge in [0.05, 0.1) is 6.61 Å². The first-order valence-electron chi connectivity index (χ1n) is 7.67. The summed E-state index contributed by atoms with van der Waals surface area (Å²) in [5.74, 6) is 0.910. The van der Waals surface area contributed by atoms with E-state index in [1.54, 1.807) is 0 Å². The lowest BCUT2D eigenvalue weighted by Gasteiger charge is -2.35. The van der Waals surface area contributed by atoms with Crippen LogP contribution in [0.5, 0.6) is 11.5 Å². The highest BCUT2D eigenvalue weighted by Crippen LogP contribution is 2.38. The third-order valence-corrected chi connectivity index (χ3v) is 3.84. The minimum atomic E-state index is 0.280. The number of nitrogens with one attached hydrogen (secondary N) is 1. The molecule has 20 heavy (non-hydrogen) atoms. The van der Waals surface area contributed by atoms with Crippen LogP contribution in [-0.2, 0) is 0 Å². The Labute approximate surface area is 121 Å². The Hall–Kier alpha value is -1.26. The average Bonchev–Trinajstić information content (AvgIpc) is 2.49. The monoisotopic (exact) mass is 278 g/mol. The number of nitrogens with zero attached hydrogens (tertiary/aromatic N) is 1. The molecule has 2 N–H and O–H groups in total. The molecule has 4 heteroatoms. The highest BCUT2D eigenvalue weighted by Gasteiger charge is 2.24. The summed E-state index contributed by atoms with van der Waals surface area (Å²) < 4.78 is 5.51. The zero-order chi connectivity index (χ0) is 14.4. The second kappa shape index (κ2) is 7.50. The Kier molecular flexibility index (Phi) is 5.68. The molecule has 1 heterocycles. The highest BCUT2D eigenvalue weighted by atomic mass is 16.5. The van der Waals surface area contributed by atoms with Crippen molar-refractivity contribution >= 4 is 0 Å². The van der Waals surface area contributed by atoms with Crippen LogP contribution < -0.4 is 10.1 Å². The van der Waals surface area contributed by atoms with Crippen molar-refractivity contribution in [2.75, 3.05) is 32.8 Å². The van der Waals surface area contributed by atoms with Gasteiger partial charge in [-0.05, 0) is 19.4 Å². The van der Waals surface area contributed by atoms with E-state index in [-0.39, 0.29) is 6.04 Å². The van der Waals surface area contributed by atoms with E-state index in [2.05, 4.69) is 17.1 Å². The van der Waals surface area contributed by atoms with Crippen LogP contribution in [0, 0.1) is 0 Å². The second-order valence-corrected chi connectivity index (χ2v) is 5.22. The minimum absolute atomic E-state index is 0.280. The molecule has 0 aliphatic carbocycles. The Morgan fingerprint density at radius 1 is 1.30 bits per heavy atom. The van der Waals surface area contributed by atoms with Gasteiger partial charge >= 0.3 is 0 Å². The summed E-state index contributed by atoms with van der Waals surface area (Å²) in [6.45, 7) is 8.80. The van der Waals surface area contributed by atoms with Crippen molar-refractivity contribution in [2.24, 2.45) is 0 Å². The lowest BCUT2D eigenvalue weighted by molar-refractivity contribution is 0.161. The van der Waals surface area contributed by atoms with E-state index in [1.807, 2.05) is 25.1 Å². The molecule has 1 atom stereocenters. The van der Waals surface area contributed by atoms with Crippen molar-refractivity contribution in [3.05, 3.63) is 23.8 Å².